The van der Waals surface area contributed by atoms with Crippen molar-refractivity contribution >= 4 is 51.9 Å². The van der Waals surface area contributed by atoms with E-state index in [2.05, 4.69) is 78.8 Å². The van der Waals surface area contributed by atoms with Gasteiger partial charge in [-0.1, -0.05) is 32.9 Å². The summed E-state index contributed by atoms with van der Waals surface area (Å²) in [6.45, 7) is 20.4. The monoisotopic (exact) mass is 1680 g/mol. The standard InChI is InChI=1S/C19H23FN4O2.C14H14FN3O.C14H12FN3.C13H12FIN2.C13H13FN4O.C13H13FN2/c1-19(2,3)10-15(25)23-8-9-24-14(11-23)16(18(21)26)17(22-24)12-4-6-13(20)7-5-12;15-10-6-4-9(5-7-10)13-12(14(16)19)11-3-1-2-8-18(11)17-13;1-16-14-12-4-2-3-9-18(12)17-13(14)10-5-7-11(15)8-6-10;14-10-6-4-9(5-7-10)13-12(15)11-3-1-2-8-17(11)16-13;14-9-3-1-8(2-4-9)12-11(13(15)19)10-7-16-5-6-18(10)17-12;14-11-6-4-10(5-7-11)13-9-12-3-1-2-8-16(12)15-13/h4-7H,8-11H2,1-3H3,(H2,21,26);4-7H,1-3,8H2,(H2,16,19);5-8H,2-4,9H2;4-7H,1-3,8H2;1-4,16H,5-7H2,(H2,15,19);4-7,9H,1-3,8H2. The molecule has 29 heteroatoms. The van der Waals surface area contributed by atoms with Crippen molar-refractivity contribution in [2.45, 2.75) is 157 Å². The minimum Gasteiger partial charge on any atom is -0.365 e. The summed E-state index contributed by atoms with van der Waals surface area (Å²) in [6.07, 6.45) is 13.6. The maximum absolute atomic E-state index is 13.2. The number of nitrogens with zero attached hydrogens (tertiary/aromatic N) is 14. The summed E-state index contributed by atoms with van der Waals surface area (Å²) in [5.41, 5.74) is 33.2. The summed E-state index contributed by atoms with van der Waals surface area (Å²) in [7, 11) is 0. The molecular formula is C86H87F6IN18O4. The van der Waals surface area contributed by atoms with Crippen molar-refractivity contribution in [3.8, 4) is 67.5 Å². The van der Waals surface area contributed by atoms with Crippen LogP contribution in [0, 0.1) is 50.5 Å². The first-order valence-electron chi connectivity index (χ1n) is 38.4. The molecule has 18 rings (SSSR count). The van der Waals surface area contributed by atoms with Crippen LogP contribution in [0.3, 0.4) is 0 Å². The summed E-state index contributed by atoms with van der Waals surface area (Å²) in [5.74, 6) is -3.21. The van der Waals surface area contributed by atoms with Gasteiger partial charge in [0.25, 0.3) is 17.7 Å². The molecule has 6 aromatic heterocycles. The summed E-state index contributed by atoms with van der Waals surface area (Å²) < 4.78 is 90.4. The van der Waals surface area contributed by atoms with Gasteiger partial charge in [-0.2, -0.15) is 30.6 Å². The van der Waals surface area contributed by atoms with Crippen LogP contribution in [0.1, 0.15) is 144 Å². The lowest BCUT2D eigenvalue weighted by atomic mass is 9.91. The van der Waals surface area contributed by atoms with Gasteiger partial charge in [0.15, 0.2) is 0 Å². The van der Waals surface area contributed by atoms with Crippen LogP contribution in [0.2, 0.25) is 0 Å². The van der Waals surface area contributed by atoms with Crippen LogP contribution >= 0.6 is 22.6 Å². The number of rotatable bonds is 10. The minimum absolute atomic E-state index is 0.0451. The molecule has 6 aliphatic rings. The smallest absolute Gasteiger partial charge is 0.252 e. The topological polar surface area (TPSA) is 273 Å². The van der Waals surface area contributed by atoms with Crippen molar-refractivity contribution in [2.75, 3.05) is 13.1 Å². The van der Waals surface area contributed by atoms with Gasteiger partial charge >= 0.3 is 0 Å². The second kappa shape index (κ2) is 36.1. The normalized spacial score (nSPS) is 14.3. The van der Waals surface area contributed by atoms with Crippen LogP contribution in [-0.2, 0) is 82.8 Å². The minimum atomic E-state index is -0.601. The van der Waals surface area contributed by atoms with Gasteiger partial charge in [0.1, 0.15) is 57.7 Å². The van der Waals surface area contributed by atoms with E-state index in [1.54, 1.807) is 87.1 Å². The quantitative estimate of drug-likeness (QED) is 0.0568. The van der Waals surface area contributed by atoms with Gasteiger partial charge in [-0.15, -0.1) is 0 Å². The number of primary amides is 3. The summed E-state index contributed by atoms with van der Waals surface area (Å²) in [6, 6.07) is 39.0. The van der Waals surface area contributed by atoms with Crippen molar-refractivity contribution in [1.29, 1.82) is 0 Å². The van der Waals surface area contributed by atoms with E-state index >= 15 is 0 Å². The number of fused-ring (bicyclic) bond motifs is 6. The molecule has 12 aromatic rings. The summed E-state index contributed by atoms with van der Waals surface area (Å²) in [4.78, 5) is 53.4. The van der Waals surface area contributed by atoms with E-state index in [9.17, 15) is 45.5 Å². The molecule has 0 saturated heterocycles. The van der Waals surface area contributed by atoms with Crippen molar-refractivity contribution < 1.29 is 45.5 Å². The van der Waals surface area contributed by atoms with Crippen LogP contribution < -0.4 is 22.5 Å². The van der Waals surface area contributed by atoms with Gasteiger partial charge in [-0.05, 0) is 250 Å². The highest BCUT2D eigenvalue weighted by Gasteiger charge is 2.33. The Morgan fingerprint density at radius 3 is 1.22 bits per heavy atom. The Hall–Kier alpha value is -11.8. The molecular weight excluding hydrogens is 1590 g/mol. The second-order valence-electron chi connectivity index (χ2n) is 29.9. The van der Waals surface area contributed by atoms with Crippen molar-refractivity contribution in [3.63, 3.8) is 0 Å². The van der Waals surface area contributed by atoms with Gasteiger partial charge in [0, 0.05) is 91.4 Å². The highest BCUT2D eigenvalue weighted by atomic mass is 127. The van der Waals surface area contributed by atoms with E-state index in [4.69, 9.17) is 23.8 Å². The van der Waals surface area contributed by atoms with Crippen LogP contribution in [0.15, 0.2) is 152 Å². The SMILES string of the molecule is CC(C)(C)CC(=O)N1CCn2nc(-c3ccc(F)cc3)c(C(N)=O)c2C1.Fc1ccc(-c2cc3n(n2)CCCC3)cc1.Fc1ccc(-c2nn3c(c2I)CCCC3)cc1.NC(=O)c1c(-c2ccc(F)cc2)nn2c1CCCC2.NC(=O)c1c(-c2ccc(F)cc2)nn2c1CNCC2.[C-]#[N+]c1c(-c2ccc(F)cc2)nn2c1CCCC2. The predicted molar refractivity (Wildman–Crippen MR) is 433 cm³/mol. The first-order valence-corrected chi connectivity index (χ1v) is 39.5. The molecule has 0 saturated carbocycles. The molecule has 6 aliphatic heterocycles. The lowest BCUT2D eigenvalue weighted by Crippen LogP contribution is -2.40. The van der Waals surface area contributed by atoms with E-state index < -0.39 is 17.7 Å². The van der Waals surface area contributed by atoms with E-state index in [0.717, 1.165) is 135 Å². The number of hydrogen-bond acceptors (Lipinski definition) is 11. The molecule has 22 nitrogen and oxygen atoms in total. The summed E-state index contributed by atoms with van der Waals surface area (Å²) in [5, 5.41) is 30.3. The fourth-order valence-corrected chi connectivity index (χ4v) is 15.8. The number of benzene rings is 6. The van der Waals surface area contributed by atoms with Crippen LogP contribution in [0.5, 0.6) is 0 Å². The Bertz CT molecular complexity index is 5400. The molecule has 0 fully saturated rings. The highest BCUT2D eigenvalue weighted by Crippen LogP contribution is 2.38. The number of nitrogens with two attached hydrogens (primary N) is 3. The van der Waals surface area contributed by atoms with Gasteiger partial charge in [-0.3, -0.25) is 47.3 Å². The molecule has 0 unspecified atom stereocenters. The summed E-state index contributed by atoms with van der Waals surface area (Å²) >= 11 is 2.35. The number of carbonyl (C=O) groups excluding carboxylic acids is 4. The Morgan fingerprint density at radius 2 is 0.774 bits per heavy atom. The van der Waals surface area contributed by atoms with E-state index in [-0.39, 0.29) is 46.2 Å². The third kappa shape index (κ3) is 19.2. The van der Waals surface area contributed by atoms with Crippen LogP contribution in [0.25, 0.3) is 72.4 Å². The molecule has 7 N–H and O–H groups in total. The number of nitrogens with one attached hydrogen (secondary N) is 1. The average Bonchev–Trinajstić information content (AvgIpc) is 1.63. The van der Waals surface area contributed by atoms with Gasteiger partial charge in [-0.25, -0.2) is 31.2 Å². The number of aryl methyl sites for hydroxylation is 5. The zero-order valence-electron chi connectivity index (χ0n) is 64.0. The van der Waals surface area contributed by atoms with Crippen molar-refractivity contribution in [3.05, 3.63) is 252 Å². The van der Waals surface area contributed by atoms with E-state index in [1.165, 1.54) is 113 Å². The van der Waals surface area contributed by atoms with Gasteiger partial charge in [0.05, 0.1) is 80.6 Å². The zero-order valence-corrected chi connectivity index (χ0v) is 66.1. The first-order chi connectivity index (χ1) is 55.4. The fraction of sp³-hybridized carbons (Fsp3) is 0.314. The maximum atomic E-state index is 13.2. The zero-order chi connectivity index (χ0) is 81.2. The van der Waals surface area contributed by atoms with Crippen LogP contribution in [0.4, 0.5) is 32.0 Å². The average molecular weight is 1680 g/mol. The Labute approximate surface area is 674 Å². The van der Waals surface area contributed by atoms with Crippen LogP contribution in [-0.4, -0.2) is 100 Å². The maximum Gasteiger partial charge on any atom is 0.252 e. The Morgan fingerprint density at radius 1 is 0.417 bits per heavy atom. The molecule has 0 bridgehead atoms. The largest absolute Gasteiger partial charge is 0.365 e. The number of hydrogen-bond donors (Lipinski definition) is 4. The molecule has 0 spiro atoms. The lowest BCUT2D eigenvalue weighted by Gasteiger charge is -2.30. The van der Waals surface area contributed by atoms with Crippen molar-refractivity contribution in [2.24, 2.45) is 22.6 Å². The highest BCUT2D eigenvalue weighted by molar-refractivity contribution is 14.1. The van der Waals surface area contributed by atoms with Gasteiger partial charge in [0.2, 0.25) is 11.6 Å². The van der Waals surface area contributed by atoms with E-state index in [0.29, 0.717) is 101 Å². The first kappa shape index (κ1) is 81.2. The van der Waals surface area contributed by atoms with Gasteiger partial charge < -0.3 is 27.4 Å². The molecule has 12 heterocycles. The molecule has 0 aliphatic carbocycles. The third-order valence-corrected chi connectivity index (χ3v) is 21.7. The predicted octanol–water partition coefficient (Wildman–Crippen LogP) is 15.8. The molecule has 594 valence electrons. The lowest BCUT2D eigenvalue weighted by molar-refractivity contribution is -0.134. The Kier molecular flexibility index (Phi) is 25.5. The van der Waals surface area contributed by atoms with Crippen molar-refractivity contribution in [1.82, 2.24) is 68.9 Å². The molecule has 6 aromatic carbocycles. The number of amides is 4. The van der Waals surface area contributed by atoms with E-state index in [1.807, 2.05) is 30.1 Å². The number of carbonyl (C=O) groups is 4. The molecule has 115 heavy (non-hydrogen) atoms. The third-order valence-electron chi connectivity index (χ3n) is 20.5. The number of halogens is 7. The fourth-order valence-electron chi connectivity index (χ4n) is 14.9. The molecule has 4 amide bonds. The number of aromatic nitrogens is 12. The Balaban J connectivity index is 0.000000121. The second-order valence-corrected chi connectivity index (χ2v) is 31.0. The molecule has 0 radical (unpaired) electrons. The molecule has 0 atom stereocenters.